The minimum Gasteiger partial charge on any atom is -0.382 e. The smallest absolute Gasteiger partial charge is 0.243 e. The third-order valence-electron chi connectivity index (χ3n) is 10.7. The minimum absolute atomic E-state index is 0.205. The summed E-state index contributed by atoms with van der Waals surface area (Å²) in [5.41, 5.74) is 9.70. The van der Waals surface area contributed by atoms with E-state index in [0.717, 1.165) is 64.8 Å². The molecule has 0 bridgehead atoms. The van der Waals surface area contributed by atoms with Gasteiger partial charge in [0.1, 0.15) is 0 Å². The molecule has 6 rings (SSSR count). The van der Waals surface area contributed by atoms with Crippen molar-refractivity contribution in [3.63, 3.8) is 0 Å². The van der Waals surface area contributed by atoms with Crippen LogP contribution in [0.25, 0.3) is 0 Å². The number of piperidine rings is 2. The van der Waals surface area contributed by atoms with Crippen LogP contribution in [0.4, 0.5) is 5.69 Å². The monoisotopic (exact) mass is 727 g/mol. The van der Waals surface area contributed by atoms with Crippen LogP contribution in [0.15, 0.2) is 82.6 Å². The number of hydrogen-bond donors (Lipinski definition) is 1. The summed E-state index contributed by atoms with van der Waals surface area (Å²) in [5.74, 6) is 0.343. The second kappa shape index (κ2) is 15.2. The van der Waals surface area contributed by atoms with E-state index in [4.69, 9.17) is 0 Å². The maximum Gasteiger partial charge on any atom is 0.243 e. The zero-order valence-corrected chi connectivity index (χ0v) is 32.6. The highest BCUT2D eigenvalue weighted by molar-refractivity contribution is 7.89. The van der Waals surface area contributed by atoms with Crippen LogP contribution in [0.3, 0.4) is 0 Å². The van der Waals surface area contributed by atoms with E-state index < -0.39 is 20.0 Å². The Bertz CT molecular complexity index is 2080. The van der Waals surface area contributed by atoms with E-state index in [2.05, 4.69) is 67.7 Å². The molecule has 0 unspecified atom stereocenters. The molecule has 7 nitrogen and oxygen atoms in total. The molecule has 0 aliphatic carbocycles. The molecule has 9 heteroatoms. The number of sulfonamides is 2. The van der Waals surface area contributed by atoms with Crippen LogP contribution >= 0.6 is 0 Å². The van der Waals surface area contributed by atoms with Crippen LogP contribution < -0.4 is 5.32 Å². The van der Waals surface area contributed by atoms with E-state index in [-0.39, 0.29) is 6.04 Å². The van der Waals surface area contributed by atoms with Gasteiger partial charge in [0.25, 0.3) is 0 Å². The number of nitrogens with zero attached hydrogens (tertiary/aromatic N) is 2. The second-order valence-corrected chi connectivity index (χ2v) is 18.7. The largest absolute Gasteiger partial charge is 0.382 e. The fourth-order valence-electron chi connectivity index (χ4n) is 8.12. The van der Waals surface area contributed by atoms with Crippen molar-refractivity contribution in [2.75, 3.05) is 31.5 Å². The van der Waals surface area contributed by atoms with E-state index in [1.807, 2.05) is 52.0 Å². The summed E-state index contributed by atoms with van der Waals surface area (Å²) >= 11 is 0. The first-order valence-corrected chi connectivity index (χ1v) is 21.2. The van der Waals surface area contributed by atoms with Gasteiger partial charge in [0.2, 0.25) is 20.0 Å². The highest BCUT2D eigenvalue weighted by Crippen LogP contribution is 2.35. The Kier molecular flexibility index (Phi) is 11.1. The molecule has 51 heavy (non-hydrogen) atoms. The van der Waals surface area contributed by atoms with Crippen molar-refractivity contribution in [1.29, 1.82) is 0 Å². The molecule has 4 aromatic carbocycles. The molecular weight excluding hydrogens is 675 g/mol. The third kappa shape index (κ3) is 8.27. The molecule has 2 heterocycles. The van der Waals surface area contributed by atoms with Crippen LogP contribution in [0, 0.1) is 41.5 Å². The van der Waals surface area contributed by atoms with Crippen molar-refractivity contribution in [3.8, 4) is 0 Å². The lowest BCUT2D eigenvalue weighted by molar-refractivity contribution is 0.319. The number of aryl methyl sites for hydroxylation is 8. The van der Waals surface area contributed by atoms with Crippen molar-refractivity contribution < 1.29 is 16.8 Å². The maximum atomic E-state index is 14.4. The third-order valence-corrected chi connectivity index (χ3v) is 15.0. The van der Waals surface area contributed by atoms with E-state index >= 15 is 0 Å². The van der Waals surface area contributed by atoms with E-state index in [1.165, 1.54) is 16.7 Å². The Morgan fingerprint density at radius 1 is 0.549 bits per heavy atom. The standard InChI is InChI=1S/C42H53N3O4S2/c1-29-7-11-35(12-8-29)36-17-21-44(22-18-36)50(46,47)41-33(5)25-31(3)27-37(41)13-14-38-28-32(4)26-34(6)42(38)51(48,49)45-23-19-40(20-24-45)43-39-15-9-30(2)10-16-39/h7-12,15-16,25-28,36,40,43H,13-14,17-24H2,1-6H3. The van der Waals surface area contributed by atoms with Crippen molar-refractivity contribution in [2.45, 2.75) is 102 Å². The van der Waals surface area contributed by atoms with Gasteiger partial charge >= 0.3 is 0 Å². The van der Waals surface area contributed by atoms with Crippen LogP contribution in [-0.4, -0.2) is 57.7 Å². The fourth-order valence-corrected chi connectivity index (χ4v) is 11.9. The summed E-state index contributed by atoms with van der Waals surface area (Å²) in [5, 5.41) is 3.58. The van der Waals surface area contributed by atoms with Crippen LogP contribution in [0.5, 0.6) is 0 Å². The highest BCUT2D eigenvalue weighted by atomic mass is 32.2. The highest BCUT2D eigenvalue weighted by Gasteiger charge is 2.35. The zero-order valence-electron chi connectivity index (χ0n) is 31.0. The van der Waals surface area contributed by atoms with Gasteiger partial charge in [-0.25, -0.2) is 16.8 Å². The van der Waals surface area contributed by atoms with Gasteiger partial charge in [-0.2, -0.15) is 8.61 Å². The molecule has 0 spiro atoms. The minimum atomic E-state index is -3.77. The van der Waals surface area contributed by atoms with Crippen molar-refractivity contribution in [2.24, 2.45) is 0 Å². The molecule has 2 fully saturated rings. The van der Waals surface area contributed by atoms with Gasteiger partial charge in [-0.15, -0.1) is 0 Å². The first-order chi connectivity index (χ1) is 24.2. The van der Waals surface area contributed by atoms with Gasteiger partial charge in [-0.3, -0.25) is 0 Å². The lowest BCUT2D eigenvalue weighted by Gasteiger charge is -2.33. The van der Waals surface area contributed by atoms with Crippen molar-refractivity contribution in [3.05, 3.63) is 123 Å². The van der Waals surface area contributed by atoms with E-state index in [0.29, 0.717) is 54.7 Å². The molecular formula is C42H53N3O4S2. The number of benzene rings is 4. The van der Waals surface area contributed by atoms with Gasteiger partial charge in [0.05, 0.1) is 9.79 Å². The Balaban J connectivity index is 1.20. The topological polar surface area (TPSA) is 86.8 Å². The molecule has 0 aromatic heterocycles. The molecule has 0 amide bonds. The lowest BCUT2D eigenvalue weighted by Crippen LogP contribution is -2.42. The molecule has 0 atom stereocenters. The predicted octanol–water partition coefficient (Wildman–Crippen LogP) is 8.16. The molecule has 1 N–H and O–H groups in total. The molecule has 0 saturated carbocycles. The number of rotatable bonds is 10. The van der Waals surface area contributed by atoms with Crippen molar-refractivity contribution in [1.82, 2.24) is 8.61 Å². The summed E-state index contributed by atoms with van der Waals surface area (Å²) in [7, 11) is -7.53. The maximum absolute atomic E-state index is 14.4. The van der Waals surface area contributed by atoms with Gasteiger partial charge in [-0.05, 0) is 126 Å². The first-order valence-electron chi connectivity index (χ1n) is 18.3. The quantitative estimate of drug-likeness (QED) is 0.178. The van der Waals surface area contributed by atoms with Gasteiger partial charge < -0.3 is 5.32 Å². The van der Waals surface area contributed by atoms with Gasteiger partial charge in [0.15, 0.2) is 0 Å². The average Bonchev–Trinajstić information content (AvgIpc) is 3.08. The number of nitrogens with one attached hydrogen (secondary N) is 1. The molecule has 4 aromatic rings. The van der Waals surface area contributed by atoms with Gasteiger partial charge in [0, 0.05) is 37.9 Å². The van der Waals surface area contributed by atoms with Crippen LogP contribution in [0.1, 0.15) is 81.7 Å². The van der Waals surface area contributed by atoms with Crippen LogP contribution in [0.2, 0.25) is 0 Å². The Morgan fingerprint density at radius 2 is 0.961 bits per heavy atom. The molecule has 272 valence electrons. The fraction of sp³-hybridized carbons (Fsp3) is 0.429. The lowest BCUT2D eigenvalue weighted by atomic mass is 9.90. The summed E-state index contributed by atoms with van der Waals surface area (Å²) in [6, 6.07) is 24.9. The average molecular weight is 728 g/mol. The predicted molar refractivity (Wildman–Crippen MR) is 208 cm³/mol. The summed E-state index contributed by atoms with van der Waals surface area (Å²) in [4.78, 5) is 0.740. The Hall–Kier alpha value is -3.50. The molecule has 2 saturated heterocycles. The summed E-state index contributed by atoms with van der Waals surface area (Å²) in [6.45, 7) is 13.7. The normalized spacial score (nSPS) is 17.1. The molecule has 2 aliphatic heterocycles. The zero-order chi connectivity index (χ0) is 36.5. The summed E-state index contributed by atoms with van der Waals surface area (Å²) < 4.78 is 60.7. The number of hydrogen-bond acceptors (Lipinski definition) is 5. The van der Waals surface area contributed by atoms with E-state index in [9.17, 15) is 16.8 Å². The molecule has 2 aliphatic rings. The van der Waals surface area contributed by atoms with Gasteiger partial charge in [-0.1, -0.05) is 82.9 Å². The Labute approximate surface area is 306 Å². The summed E-state index contributed by atoms with van der Waals surface area (Å²) in [6.07, 6.45) is 3.85. The second-order valence-electron chi connectivity index (χ2n) is 14.9. The molecule has 0 radical (unpaired) electrons. The first kappa shape index (κ1) is 37.3. The SMILES string of the molecule is Cc1ccc(NC2CCN(S(=O)(=O)c3c(C)cc(C)cc3CCc3cc(C)cc(C)c3S(=O)(=O)N3CCC(c4ccc(C)cc4)CC3)CC2)cc1. The Morgan fingerprint density at radius 3 is 1.41 bits per heavy atom. The van der Waals surface area contributed by atoms with Crippen molar-refractivity contribution >= 4 is 25.7 Å². The van der Waals surface area contributed by atoms with E-state index in [1.54, 1.807) is 8.61 Å². The number of anilines is 1. The van der Waals surface area contributed by atoms with Crippen LogP contribution in [-0.2, 0) is 32.9 Å².